The van der Waals surface area contributed by atoms with Crippen molar-refractivity contribution in [3.63, 3.8) is 0 Å². The van der Waals surface area contributed by atoms with E-state index >= 15 is 0 Å². The first kappa shape index (κ1) is 17.2. The summed E-state index contributed by atoms with van der Waals surface area (Å²) < 4.78 is 26.7. The minimum absolute atomic E-state index is 0.179. The lowest BCUT2D eigenvalue weighted by Gasteiger charge is -2.08. The van der Waals surface area contributed by atoms with E-state index in [9.17, 15) is 0 Å². The van der Waals surface area contributed by atoms with Crippen LogP contribution in [0.3, 0.4) is 0 Å². The molecule has 0 radical (unpaired) electrons. The van der Waals surface area contributed by atoms with E-state index in [-0.39, 0.29) is 13.6 Å². The third kappa shape index (κ3) is 3.82. The van der Waals surface area contributed by atoms with Crippen LogP contribution in [-0.2, 0) is 6.54 Å². The summed E-state index contributed by atoms with van der Waals surface area (Å²) in [5.74, 6) is 3.31. The molecule has 8 nitrogen and oxygen atoms in total. The monoisotopic (exact) mass is 387 g/mol. The van der Waals surface area contributed by atoms with Gasteiger partial charge in [0, 0.05) is 12.1 Å². The van der Waals surface area contributed by atoms with E-state index in [0.29, 0.717) is 28.9 Å². The van der Waals surface area contributed by atoms with Crippen LogP contribution in [0, 0.1) is 0 Å². The van der Waals surface area contributed by atoms with Crippen molar-refractivity contribution in [2.75, 3.05) is 20.7 Å². The molecular weight excluding hydrogens is 370 g/mol. The predicted octanol–water partition coefficient (Wildman–Crippen LogP) is 2.15. The van der Waals surface area contributed by atoms with Crippen molar-refractivity contribution in [2.45, 2.75) is 6.54 Å². The molecule has 0 atom stereocenters. The Labute approximate surface area is 161 Å². The molecule has 140 valence electrons. The van der Waals surface area contributed by atoms with E-state index in [4.69, 9.17) is 35.9 Å². The highest BCUT2D eigenvalue weighted by Gasteiger charge is 2.19. The molecule has 2 heterocycles. The Kier molecular flexibility index (Phi) is 4.84. The third-order valence-corrected chi connectivity index (χ3v) is 4.19. The SMILES string of the molecule is COc1cc(/C=N\NC(=S)NCc2ccc3c(c2)OCO3)cc2c1OCO2. The molecule has 2 aromatic carbocycles. The first-order valence-electron chi connectivity index (χ1n) is 8.16. The average Bonchev–Trinajstić information content (AvgIpc) is 3.34. The number of nitrogens with one attached hydrogen (secondary N) is 2. The van der Waals surface area contributed by atoms with Gasteiger partial charge in [-0.2, -0.15) is 5.10 Å². The summed E-state index contributed by atoms with van der Waals surface area (Å²) in [4.78, 5) is 0. The van der Waals surface area contributed by atoms with Gasteiger partial charge in [-0.25, -0.2) is 0 Å². The lowest BCUT2D eigenvalue weighted by Crippen LogP contribution is -2.31. The Morgan fingerprint density at radius 3 is 2.81 bits per heavy atom. The van der Waals surface area contributed by atoms with Crippen molar-refractivity contribution in [3.05, 3.63) is 41.5 Å². The average molecular weight is 387 g/mol. The number of benzene rings is 2. The van der Waals surface area contributed by atoms with Crippen molar-refractivity contribution < 1.29 is 23.7 Å². The predicted molar refractivity (Wildman–Crippen MR) is 102 cm³/mol. The zero-order valence-corrected chi connectivity index (χ0v) is 15.3. The summed E-state index contributed by atoms with van der Waals surface area (Å²) in [5.41, 5.74) is 4.59. The fourth-order valence-corrected chi connectivity index (χ4v) is 2.79. The van der Waals surface area contributed by atoms with Crippen LogP contribution in [0.1, 0.15) is 11.1 Å². The highest BCUT2D eigenvalue weighted by Crippen LogP contribution is 2.41. The highest BCUT2D eigenvalue weighted by atomic mass is 32.1. The molecule has 2 aliphatic rings. The van der Waals surface area contributed by atoms with Crippen LogP contribution in [0.15, 0.2) is 35.4 Å². The summed E-state index contributed by atoms with van der Waals surface area (Å²) in [6.45, 7) is 0.972. The third-order valence-electron chi connectivity index (χ3n) is 3.95. The molecular formula is C18H17N3O5S. The summed E-state index contributed by atoms with van der Waals surface area (Å²) in [7, 11) is 1.58. The molecule has 0 bridgehead atoms. The quantitative estimate of drug-likeness (QED) is 0.459. The molecule has 2 aliphatic heterocycles. The van der Waals surface area contributed by atoms with Gasteiger partial charge < -0.3 is 29.0 Å². The van der Waals surface area contributed by atoms with Gasteiger partial charge in [0.2, 0.25) is 19.3 Å². The topological polar surface area (TPSA) is 82.6 Å². The van der Waals surface area contributed by atoms with Gasteiger partial charge in [0.1, 0.15) is 0 Å². The molecule has 0 saturated carbocycles. The molecule has 27 heavy (non-hydrogen) atoms. The Morgan fingerprint density at radius 2 is 1.93 bits per heavy atom. The lowest BCUT2D eigenvalue weighted by atomic mass is 10.2. The zero-order valence-electron chi connectivity index (χ0n) is 14.5. The van der Waals surface area contributed by atoms with Crippen molar-refractivity contribution in [1.82, 2.24) is 10.7 Å². The first-order chi connectivity index (χ1) is 13.2. The molecule has 0 spiro atoms. The Balaban J connectivity index is 1.31. The van der Waals surface area contributed by atoms with E-state index in [1.54, 1.807) is 13.3 Å². The van der Waals surface area contributed by atoms with E-state index in [0.717, 1.165) is 22.6 Å². The Morgan fingerprint density at radius 1 is 1.11 bits per heavy atom. The summed E-state index contributed by atoms with van der Waals surface area (Å²) in [6, 6.07) is 9.37. The Bertz CT molecular complexity index is 903. The van der Waals surface area contributed by atoms with Crippen molar-refractivity contribution in [1.29, 1.82) is 0 Å². The molecule has 0 saturated heterocycles. The lowest BCUT2D eigenvalue weighted by molar-refractivity contribution is 0.171. The molecule has 9 heteroatoms. The van der Waals surface area contributed by atoms with Gasteiger partial charge in [0.25, 0.3) is 0 Å². The molecule has 0 unspecified atom stereocenters. The van der Waals surface area contributed by atoms with Gasteiger partial charge in [-0.15, -0.1) is 0 Å². The van der Waals surface area contributed by atoms with E-state index in [1.165, 1.54) is 0 Å². The maximum absolute atomic E-state index is 5.39. The minimum atomic E-state index is 0.179. The minimum Gasteiger partial charge on any atom is -0.493 e. The summed E-state index contributed by atoms with van der Waals surface area (Å²) >= 11 is 5.23. The standard InChI is InChI=1S/C18H17N3O5S/c1-22-15-5-12(6-16-17(15)26-10-25-16)8-20-21-18(27)19-7-11-2-3-13-14(4-11)24-9-23-13/h2-6,8H,7,9-10H2,1H3,(H2,19,21,27)/b20-8-. The number of nitrogens with zero attached hydrogens (tertiary/aromatic N) is 1. The number of ether oxygens (including phenoxy) is 5. The van der Waals surface area contributed by atoms with Gasteiger partial charge in [0.05, 0.1) is 13.3 Å². The smallest absolute Gasteiger partial charge is 0.231 e. The molecule has 2 aromatic rings. The summed E-state index contributed by atoms with van der Waals surface area (Å²) in [5, 5.41) is 7.62. The van der Waals surface area contributed by atoms with Crippen molar-refractivity contribution >= 4 is 23.5 Å². The molecule has 2 N–H and O–H groups in total. The van der Waals surface area contributed by atoms with Crippen LogP contribution in [0.2, 0.25) is 0 Å². The van der Waals surface area contributed by atoms with Gasteiger partial charge in [0.15, 0.2) is 28.1 Å². The van der Waals surface area contributed by atoms with Crippen molar-refractivity contribution in [2.24, 2.45) is 5.10 Å². The second-order valence-corrected chi connectivity index (χ2v) is 6.11. The molecule has 0 aromatic heterocycles. The number of rotatable bonds is 5. The maximum Gasteiger partial charge on any atom is 0.231 e. The summed E-state index contributed by atoms with van der Waals surface area (Å²) in [6.07, 6.45) is 1.62. The Hall–Kier alpha value is -3.20. The molecule has 0 amide bonds. The second-order valence-electron chi connectivity index (χ2n) is 5.70. The zero-order chi connectivity index (χ0) is 18.6. The van der Waals surface area contributed by atoms with E-state index in [1.807, 2.05) is 30.3 Å². The molecule has 4 rings (SSSR count). The number of hydrogen-bond donors (Lipinski definition) is 2. The van der Waals surface area contributed by atoms with E-state index in [2.05, 4.69) is 15.8 Å². The first-order valence-corrected chi connectivity index (χ1v) is 8.57. The van der Waals surface area contributed by atoms with Crippen LogP contribution in [0.5, 0.6) is 28.7 Å². The molecule has 0 fully saturated rings. The number of fused-ring (bicyclic) bond motifs is 2. The second kappa shape index (κ2) is 7.58. The largest absolute Gasteiger partial charge is 0.493 e. The van der Waals surface area contributed by atoms with Crippen molar-refractivity contribution in [3.8, 4) is 28.7 Å². The fourth-order valence-electron chi connectivity index (χ4n) is 2.66. The van der Waals surface area contributed by atoms with Gasteiger partial charge >= 0.3 is 0 Å². The molecule has 0 aliphatic carbocycles. The van der Waals surface area contributed by atoms with Gasteiger partial charge in [-0.3, -0.25) is 5.43 Å². The number of hydrogen-bond acceptors (Lipinski definition) is 7. The van der Waals surface area contributed by atoms with Gasteiger partial charge in [-0.1, -0.05) is 6.07 Å². The fraction of sp³-hybridized carbons (Fsp3) is 0.222. The maximum atomic E-state index is 5.39. The van der Waals surface area contributed by atoms with Crippen LogP contribution in [0.4, 0.5) is 0 Å². The van der Waals surface area contributed by atoms with Crippen LogP contribution in [0.25, 0.3) is 0 Å². The van der Waals surface area contributed by atoms with Crippen LogP contribution in [-0.4, -0.2) is 32.0 Å². The normalized spacial score (nSPS) is 13.7. The number of thiocarbonyl (C=S) groups is 1. The number of hydrazone groups is 1. The van der Waals surface area contributed by atoms with Gasteiger partial charge in [-0.05, 0) is 42.0 Å². The van der Waals surface area contributed by atoms with Crippen LogP contribution >= 0.6 is 12.2 Å². The van der Waals surface area contributed by atoms with Crippen LogP contribution < -0.4 is 34.4 Å². The number of methoxy groups -OCH3 is 1. The van der Waals surface area contributed by atoms with E-state index < -0.39 is 0 Å². The highest BCUT2D eigenvalue weighted by molar-refractivity contribution is 7.80.